The number of carbonyl (C=O) groups excluding carboxylic acids is 1. The number of benzene rings is 1. The van der Waals surface area contributed by atoms with Gasteiger partial charge in [0.05, 0.1) is 23.8 Å². The second kappa shape index (κ2) is 5.70. The first-order valence-electron chi connectivity index (χ1n) is 7.66. The molecule has 2 aromatic heterocycles. The van der Waals surface area contributed by atoms with E-state index in [9.17, 15) is 4.79 Å². The number of carbonyl (C=O) groups is 1. The Bertz CT molecular complexity index is 935. The van der Waals surface area contributed by atoms with Crippen molar-refractivity contribution in [2.75, 3.05) is 18.4 Å². The highest BCUT2D eigenvalue weighted by molar-refractivity contribution is 5.92. The van der Waals surface area contributed by atoms with Crippen LogP contribution >= 0.6 is 0 Å². The maximum atomic E-state index is 12.3. The summed E-state index contributed by atoms with van der Waals surface area (Å²) in [5, 5.41) is 19.7. The van der Waals surface area contributed by atoms with Crippen LogP contribution in [0.1, 0.15) is 6.42 Å². The molecule has 1 atom stereocenters. The summed E-state index contributed by atoms with van der Waals surface area (Å²) >= 11 is 0. The number of anilines is 1. The number of H-pyrrole nitrogens is 1. The van der Waals surface area contributed by atoms with Gasteiger partial charge in [0.25, 0.3) is 0 Å². The van der Waals surface area contributed by atoms with E-state index in [-0.39, 0.29) is 11.8 Å². The van der Waals surface area contributed by atoms with Crippen molar-refractivity contribution < 1.29 is 4.79 Å². The Labute approximate surface area is 137 Å². The predicted molar refractivity (Wildman–Crippen MR) is 87.1 cm³/mol. The fraction of sp³-hybridized carbons (Fsp3) is 0.250. The molecule has 24 heavy (non-hydrogen) atoms. The summed E-state index contributed by atoms with van der Waals surface area (Å²) in [6.07, 6.45) is 7.96. The van der Waals surface area contributed by atoms with Gasteiger partial charge in [-0.05, 0) is 24.6 Å². The van der Waals surface area contributed by atoms with Gasteiger partial charge in [0.1, 0.15) is 6.33 Å². The molecule has 1 fully saturated rings. The van der Waals surface area contributed by atoms with Gasteiger partial charge in [-0.2, -0.15) is 10.4 Å². The second-order valence-electron chi connectivity index (χ2n) is 5.83. The average molecular weight is 321 g/mol. The number of fused-ring (bicyclic) bond motifs is 1. The molecule has 0 radical (unpaired) electrons. The first kappa shape index (κ1) is 14.3. The Morgan fingerprint density at radius 1 is 1.46 bits per heavy atom. The number of hydrogen-bond donors (Lipinski definition) is 2. The largest absolute Gasteiger partial charge is 0.310 e. The molecule has 0 spiro atoms. The van der Waals surface area contributed by atoms with Crippen molar-refractivity contribution in [2.45, 2.75) is 6.42 Å². The number of likely N-dealkylation sites (tertiary alicyclic amines) is 1. The van der Waals surface area contributed by atoms with Gasteiger partial charge in [0.2, 0.25) is 5.91 Å². The molecule has 3 aromatic rings. The second-order valence-corrected chi connectivity index (χ2v) is 5.83. The zero-order chi connectivity index (χ0) is 16.5. The average Bonchev–Trinajstić information content (AvgIpc) is 3.33. The first-order chi connectivity index (χ1) is 11.7. The van der Waals surface area contributed by atoms with E-state index in [0.717, 1.165) is 16.6 Å². The smallest absolute Gasteiger partial charge is 0.230 e. The number of imidazole rings is 1. The van der Waals surface area contributed by atoms with Crippen LogP contribution in [0.15, 0.2) is 36.9 Å². The van der Waals surface area contributed by atoms with Crippen molar-refractivity contribution in [3.63, 3.8) is 0 Å². The lowest BCUT2D eigenvalue weighted by Crippen LogP contribution is -2.25. The molecule has 4 rings (SSSR count). The number of nitriles is 1. The van der Waals surface area contributed by atoms with E-state index in [0.29, 0.717) is 25.3 Å². The van der Waals surface area contributed by atoms with Crippen LogP contribution < -0.4 is 5.32 Å². The SMILES string of the molecule is N#CN1CCC(C(=O)Nc2cn(-c3ccc4cn[nH]c4c3)cn2)C1. The predicted octanol–water partition coefficient (Wildman–Crippen LogP) is 1.49. The maximum Gasteiger partial charge on any atom is 0.230 e. The van der Waals surface area contributed by atoms with Gasteiger partial charge in [-0.3, -0.25) is 9.89 Å². The number of hydrogen-bond acceptors (Lipinski definition) is 5. The summed E-state index contributed by atoms with van der Waals surface area (Å²) in [5.74, 6) is 0.235. The number of aromatic nitrogens is 4. The molecule has 120 valence electrons. The highest BCUT2D eigenvalue weighted by atomic mass is 16.2. The molecule has 1 aliphatic rings. The Morgan fingerprint density at radius 2 is 2.38 bits per heavy atom. The van der Waals surface area contributed by atoms with Crippen LogP contribution in [0.3, 0.4) is 0 Å². The number of rotatable bonds is 3. The Morgan fingerprint density at radius 3 is 3.21 bits per heavy atom. The molecule has 3 heterocycles. The third kappa shape index (κ3) is 2.56. The maximum absolute atomic E-state index is 12.3. The van der Waals surface area contributed by atoms with E-state index in [1.54, 1.807) is 23.6 Å². The third-order valence-electron chi connectivity index (χ3n) is 4.26. The zero-order valence-corrected chi connectivity index (χ0v) is 12.8. The van der Waals surface area contributed by atoms with E-state index in [2.05, 4.69) is 26.7 Å². The molecule has 0 aliphatic carbocycles. The molecular weight excluding hydrogens is 306 g/mol. The van der Waals surface area contributed by atoms with E-state index in [1.807, 2.05) is 22.8 Å². The van der Waals surface area contributed by atoms with Crippen LogP contribution in [-0.4, -0.2) is 43.6 Å². The summed E-state index contributed by atoms with van der Waals surface area (Å²) in [5.41, 5.74) is 1.87. The fourth-order valence-corrected chi connectivity index (χ4v) is 2.91. The van der Waals surface area contributed by atoms with E-state index >= 15 is 0 Å². The van der Waals surface area contributed by atoms with E-state index in [4.69, 9.17) is 5.26 Å². The number of aromatic amines is 1. The van der Waals surface area contributed by atoms with Crippen LogP contribution in [0.5, 0.6) is 0 Å². The van der Waals surface area contributed by atoms with Crippen LogP contribution in [0.4, 0.5) is 5.82 Å². The van der Waals surface area contributed by atoms with Gasteiger partial charge in [0.15, 0.2) is 12.0 Å². The van der Waals surface area contributed by atoms with Gasteiger partial charge in [-0.1, -0.05) is 0 Å². The highest BCUT2D eigenvalue weighted by Crippen LogP contribution is 2.19. The van der Waals surface area contributed by atoms with Crippen molar-refractivity contribution in [3.8, 4) is 11.9 Å². The minimum atomic E-state index is -0.170. The number of nitrogens with one attached hydrogen (secondary N) is 2. The van der Waals surface area contributed by atoms with Gasteiger partial charge < -0.3 is 14.8 Å². The van der Waals surface area contributed by atoms with Gasteiger partial charge >= 0.3 is 0 Å². The molecule has 1 aromatic carbocycles. The highest BCUT2D eigenvalue weighted by Gasteiger charge is 2.28. The molecule has 0 bridgehead atoms. The summed E-state index contributed by atoms with van der Waals surface area (Å²) in [6.45, 7) is 1.10. The molecule has 0 saturated carbocycles. The van der Waals surface area contributed by atoms with Crippen molar-refractivity contribution in [1.82, 2.24) is 24.6 Å². The Balaban J connectivity index is 1.48. The van der Waals surface area contributed by atoms with Crippen molar-refractivity contribution in [1.29, 1.82) is 5.26 Å². The standard InChI is InChI=1S/C16H15N7O/c17-9-22-4-3-12(7-22)16(24)20-15-8-23(10-18-15)13-2-1-11-6-19-21-14(11)5-13/h1-2,5-6,8,10,12H,3-4,7H2,(H,19,21)(H,20,24). The quantitative estimate of drug-likeness (QED) is 0.712. The Hall–Kier alpha value is -3.34. The topological polar surface area (TPSA) is 103 Å². The first-order valence-corrected chi connectivity index (χ1v) is 7.66. The molecule has 1 unspecified atom stereocenters. The minimum Gasteiger partial charge on any atom is -0.310 e. The third-order valence-corrected chi connectivity index (χ3v) is 4.26. The van der Waals surface area contributed by atoms with Crippen molar-refractivity contribution in [3.05, 3.63) is 36.9 Å². The summed E-state index contributed by atoms with van der Waals surface area (Å²) in [4.78, 5) is 18.1. The van der Waals surface area contributed by atoms with Gasteiger partial charge in [-0.15, -0.1) is 0 Å². The van der Waals surface area contributed by atoms with Crippen molar-refractivity contribution in [2.24, 2.45) is 5.92 Å². The van der Waals surface area contributed by atoms with E-state index < -0.39 is 0 Å². The molecule has 1 saturated heterocycles. The number of nitrogens with zero attached hydrogens (tertiary/aromatic N) is 5. The van der Waals surface area contributed by atoms with Crippen LogP contribution in [0, 0.1) is 17.4 Å². The minimum absolute atomic E-state index is 0.0954. The fourth-order valence-electron chi connectivity index (χ4n) is 2.91. The normalized spacial score (nSPS) is 17.1. The molecule has 8 nitrogen and oxygen atoms in total. The molecule has 2 N–H and O–H groups in total. The molecule has 8 heteroatoms. The monoisotopic (exact) mass is 321 g/mol. The van der Waals surface area contributed by atoms with Crippen LogP contribution in [-0.2, 0) is 4.79 Å². The molecule has 1 aliphatic heterocycles. The van der Waals surface area contributed by atoms with Gasteiger partial charge in [-0.25, -0.2) is 4.98 Å². The lowest BCUT2D eigenvalue weighted by Gasteiger charge is -2.08. The summed E-state index contributed by atoms with van der Waals surface area (Å²) in [7, 11) is 0. The Kier molecular flexibility index (Phi) is 3.39. The van der Waals surface area contributed by atoms with Crippen LogP contribution in [0.25, 0.3) is 16.6 Å². The van der Waals surface area contributed by atoms with Crippen molar-refractivity contribution >= 4 is 22.6 Å². The lowest BCUT2D eigenvalue weighted by atomic mass is 10.1. The molecule has 1 amide bonds. The zero-order valence-electron chi connectivity index (χ0n) is 12.8. The number of amides is 1. The summed E-state index contributed by atoms with van der Waals surface area (Å²) in [6, 6.07) is 5.91. The molecular formula is C16H15N7O. The van der Waals surface area contributed by atoms with Gasteiger partial charge in [0, 0.05) is 24.2 Å². The van der Waals surface area contributed by atoms with Crippen LogP contribution in [0.2, 0.25) is 0 Å². The summed E-state index contributed by atoms with van der Waals surface area (Å²) < 4.78 is 1.84. The lowest BCUT2D eigenvalue weighted by molar-refractivity contribution is -0.119. The van der Waals surface area contributed by atoms with E-state index in [1.165, 1.54) is 0 Å².